The number of hydrogen-bond acceptors (Lipinski definition) is 6. The summed E-state index contributed by atoms with van der Waals surface area (Å²) in [5, 5.41) is 8.16. The van der Waals surface area contributed by atoms with Crippen LogP contribution in [0.5, 0.6) is 11.8 Å². The predicted octanol–water partition coefficient (Wildman–Crippen LogP) is 3.72. The van der Waals surface area contributed by atoms with Gasteiger partial charge in [0.05, 0.1) is 25.5 Å². The molecule has 0 atom stereocenters. The van der Waals surface area contributed by atoms with Gasteiger partial charge in [-0.1, -0.05) is 12.1 Å². The van der Waals surface area contributed by atoms with Crippen LogP contribution in [0, 0.1) is 0 Å². The van der Waals surface area contributed by atoms with Gasteiger partial charge in [0.15, 0.2) is 0 Å². The second-order valence-electron chi connectivity index (χ2n) is 7.13. The van der Waals surface area contributed by atoms with E-state index in [0.717, 1.165) is 22.6 Å². The van der Waals surface area contributed by atoms with Crippen LogP contribution in [-0.4, -0.2) is 34.0 Å². The van der Waals surface area contributed by atoms with E-state index in [1.54, 1.807) is 20.4 Å². The first kappa shape index (κ1) is 18.7. The Labute approximate surface area is 159 Å². The Kier molecular flexibility index (Phi) is 5.30. The average Bonchev–Trinajstić information content (AvgIpc) is 3.11. The van der Waals surface area contributed by atoms with Crippen LogP contribution in [0.2, 0.25) is 0 Å². The predicted molar refractivity (Wildman–Crippen MR) is 105 cm³/mol. The molecule has 1 aromatic carbocycles. The van der Waals surface area contributed by atoms with E-state index in [1.807, 2.05) is 35.0 Å². The molecule has 0 unspecified atom stereocenters. The Morgan fingerprint density at radius 2 is 1.93 bits per heavy atom. The number of hydrogen-bond donors (Lipinski definition) is 1. The van der Waals surface area contributed by atoms with E-state index < -0.39 is 0 Å². The highest BCUT2D eigenvalue weighted by Gasteiger charge is 2.19. The Balaban J connectivity index is 1.93. The topological polar surface area (TPSA) is 74.1 Å². The number of ether oxygens (including phenoxy) is 2. The maximum Gasteiger partial charge on any atom is 0.318 e. The fourth-order valence-corrected chi connectivity index (χ4v) is 2.62. The molecule has 2 aromatic heterocycles. The summed E-state index contributed by atoms with van der Waals surface area (Å²) in [6.07, 6.45) is 3.73. The van der Waals surface area contributed by atoms with Gasteiger partial charge in [-0.15, -0.1) is 0 Å². The maximum atomic E-state index is 5.36. The van der Waals surface area contributed by atoms with E-state index in [4.69, 9.17) is 14.6 Å². The molecule has 142 valence electrons. The average molecular weight is 367 g/mol. The van der Waals surface area contributed by atoms with Crippen LogP contribution >= 0.6 is 0 Å². The summed E-state index contributed by atoms with van der Waals surface area (Å²) in [5.41, 5.74) is 2.87. The van der Waals surface area contributed by atoms with Crippen LogP contribution in [0.3, 0.4) is 0 Å². The lowest BCUT2D eigenvalue weighted by molar-refractivity contribution is 0.356. The lowest BCUT2D eigenvalue weighted by atomic mass is 10.1. The number of anilines is 1. The third kappa shape index (κ3) is 4.36. The molecule has 0 aliphatic rings. The number of benzene rings is 1. The highest BCUT2D eigenvalue weighted by Crippen LogP contribution is 2.28. The first-order chi connectivity index (χ1) is 12.9. The summed E-state index contributed by atoms with van der Waals surface area (Å²) in [6.45, 7) is 6.95. The molecule has 0 radical (unpaired) electrons. The molecule has 7 nitrogen and oxygen atoms in total. The molecule has 1 N–H and O–H groups in total. The lowest BCUT2D eigenvalue weighted by Gasteiger charge is -2.18. The van der Waals surface area contributed by atoms with Crippen molar-refractivity contribution in [1.82, 2.24) is 19.7 Å². The van der Waals surface area contributed by atoms with Crippen LogP contribution in [0.25, 0.3) is 11.3 Å². The van der Waals surface area contributed by atoms with Gasteiger partial charge in [0.25, 0.3) is 0 Å². The number of nitrogens with zero attached hydrogens (tertiary/aromatic N) is 4. The zero-order chi connectivity index (χ0) is 19.4. The largest absolute Gasteiger partial charge is 0.497 e. The molecule has 0 saturated carbocycles. The van der Waals surface area contributed by atoms with Crippen LogP contribution in [-0.2, 0) is 12.1 Å². The first-order valence-electron chi connectivity index (χ1n) is 8.75. The Bertz CT molecular complexity index is 915. The standard InChI is InChI=1S/C20H25N5O2/c1-20(2,3)25-13-15(12-22-17-9-10-21-19(23-17)27-5)18(24-25)14-7-6-8-16(11-14)26-4/h6-11,13H,12H2,1-5H3,(H,21,22,23). The summed E-state index contributed by atoms with van der Waals surface area (Å²) in [4.78, 5) is 8.33. The van der Waals surface area contributed by atoms with Crippen molar-refractivity contribution in [3.05, 3.63) is 48.3 Å². The number of rotatable bonds is 6. The SMILES string of the molecule is COc1cccc(-c2nn(C(C)(C)C)cc2CNc2ccnc(OC)n2)c1. The third-order valence-corrected chi connectivity index (χ3v) is 4.10. The summed E-state index contributed by atoms with van der Waals surface area (Å²) in [5.74, 6) is 1.50. The van der Waals surface area contributed by atoms with Crippen molar-refractivity contribution in [2.75, 3.05) is 19.5 Å². The molecule has 7 heteroatoms. The smallest absolute Gasteiger partial charge is 0.318 e. The number of methoxy groups -OCH3 is 2. The van der Waals surface area contributed by atoms with Crippen molar-refractivity contribution < 1.29 is 9.47 Å². The van der Waals surface area contributed by atoms with Crippen molar-refractivity contribution in [3.63, 3.8) is 0 Å². The van der Waals surface area contributed by atoms with E-state index in [0.29, 0.717) is 18.4 Å². The third-order valence-electron chi connectivity index (χ3n) is 4.10. The highest BCUT2D eigenvalue weighted by molar-refractivity contribution is 5.65. The minimum Gasteiger partial charge on any atom is -0.497 e. The van der Waals surface area contributed by atoms with Gasteiger partial charge in [-0.05, 0) is 39.0 Å². The molecule has 3 rings (SSSR count). The molecule has 0 aliphatic heterocycles. The molecule has 27 heavy (non-hydrogen) atoms. The Morgan fingerprint density at radius 3 is 2.63 bits per heavy atom. The van der Waals surface area contributed by atoms with Crippen molar-refractivity contribution in [3.8, 4) is 23.0 Å². The molecule has 0 bridgehead atoms. The fraction of sp³-hybridized carbons (Fsp3) is 0.350. The van der Waals surface area contributed by atoms with Crippen molar-refractivity contribution in [2.45, 2.75) is 32.9 Å². The fourth-order valence-electron chi connectivity index (χ4n) is 2.62. The zero-order valence-corrected chi connectivity index (χ0v) is 16.4. The second-order valence-corrected chi connectivity index (χ2v) is 7.13. The van der Waals surface area contributed by atoms with Gasteiger partial charge in [0.2, 0.25) is 0 Å². The molecule has 0 aliphatic carbocycles. The van der Waals surface area contributed by atoms with Gasteiger partial charge in [0.1, 0.15) is 11.6 Å². The number of aromatic nitrogens is 4. The van der Waals surface area contributed by atoms with E-state index in [-0.39, 0.29) is 5.54 Å². The van der Waals surface area contributed by atoms with E-state index in [2.05, 4.69) is 42.3 Å². The first-order valence-corrected chi connectivity index (χ1v) is 8.75. The zero-order valence-electron chi connectivity index (χ0n) is 16.4. The van der Waals surface area contributed by atoms with E-state index in [1.165, 1.54) is 0 Å². The van der Waals surface area contributed by atoms with Gasteiger partial charge in [-0.2, -0.15) is 10.1 Å². The second kappa shape index (κ2) is 7.65. The van der Waals surface area contributed by atoms with Crippen LogP contribution in [0.15, 0.2) is 42.7 Å². The van der Waals surface area contributed by atoms with Gasteiger partial charge in [-0.25, -0.2) is 4.98 Å². The molecule has 0 amide bonds. The van der Waals surface area contributed by atoms with Crippen LogP contribution in [0.1, 0.15) is 26.3 Å². The minimum atomic E-state index is -0.121. The van der Waals surface area contributed by atoms with Crippen molar-refractivity contribution in [1.29, 1.82) is 0 Å². The van der Waals surface area contributed by atoms with E-state index in [9.17, 15) is 0 Å². The van der Waals surface area contributed by atoms with Gasteiger partial charge < -0.3 is 14.8 Å². The van der Waals surface area contributed by atoms with Gasteiger partial charge in [-0.3, -0.25) is 4.68 Å². The quantitative estimate of drug-likeness (QED) is 0.716. The molecular weight excluding hydrogens is 342 g/mol. The molecule has 0 fully saturated rings. The monoisotopic (exact) mass is 367 g/mol. The van der Waals surface area contributed by atoms with E-state index >= 15 is 0 Å². The number of nitrogens with one attached hydrogen (secondary N) is 1. The summed E-state index contributed by atoms with van der Waals surface area (Å²) in [6, 6.07) is 10.1. The molecular formula is C20H25N5O2. The van der Waals surface area contributed by atoms with Crippen molar-refractivity contribution in [2.24, 2.45) is 0 Å². The van der Waals surface area contributed by atoms with Crippen molar-refractivity contribution >= 4 is 5.82 Å². The summed E-state index contributed by atoms with van der Waals surface area (Å²) < 4.78 is 12.4. The molecule has 2 heterocycles. The minimum absolute atomic E-state index is 0.121. The molecule has 3 aromatic rings. The van der Waals surface area contributed by atoms with Gasteiger partial charge in [0, 0.05) is 30.1 Å². The van der Waals surface area contributed by atoms with Crippen LogP contribution in [0.4, 0.5) is 5.82 Å². The van der Waals surface area contributed by atoms with Crippen LogP contribution < -0.4 is 14.8 Å². The van der Waals surface area contributed by atoms with Gasteiger partial charge >= 0.3 is 6.01 Å². The normalized spacial score (nSPS) is 11.3. The summed E-state index contributed by atoms with van der Waals surface area (Å²) >= 11 is 0. The Morgan fingerprint density at radius 1 is 1.11 bits per heavy atom. The maximum absolute atomic E-state index is 5.36. The Hall–Kier alpha value is -3.09. The highest BCUT2D eigenvalue weighted by atomic mass is 16.5. The molecule has 0 saturated heterocycles. The lowest BCUT2D eigenvalue weighted by Crippen LogP contribution is -2.22. The molecule has 0 spiro atoms. The summed E-state index contributed by atoms with van der Waals surface area (Å²) in [7, 11) is 3.21.